The molecule has 0 saturated carbocycles. The molecule has 6 aromatic rings. The second-order valence-corrected chi connectivity index (χ2v) is 21.2. The third kappa shape index (κ3) is 11.1. The van der Waals surface area contributed by atoms with Crippen molar-refractivity contribution in [2.75, 3.05) is 72.4 Å². The van der Waals surface area contributed by atoms with Gasteiger partial charge in [0.15, 0.2) is 0 Å². The van der Waals surface area contributed by atoms with Gasteiger partial charge in [0, 0.05) is 78.2 Å². The summed E-state index contributed by atoms with van der Waals surface area (Å²) in [4.78, 5) is 17.4. The van der Waals surface area contributed by atoms with Crippen molar-refractivity contribution in [1.82, 2.24) is 9.47 Å². The molecule has 0 radical (unpaired) electrons. The Labute approximate surface area is 396 Å². The molecule has 1 aliphatic rings. The van der Waals surface area contributed by atoms with Gasteiger partial charge in [0.2, 0.25) is 0 Å². The van der Waals surface area contributed by atoms with Crippen molar-refractivity contribution in [3.8, 4) is 22.4 Å². The van der Waals surface area contributed by atoms with Crippen LogP contribution in [0.3, 0.4) is 0 Å². The number of hydrogen-bond acceptors (Lipinski definition) is 10. The van der Waals surface area contributed by atoms with Crippen LogP contribution in [0.5, 0.6) is 0 Å². The maximum absolute atomic E-state index is 14.1. The number of alkyl halides is 3. The molecule has 0 bridgehead atoms. The Hall–Kier alpha value is -6.09. The number of rotatable bonds is 17. The summed E-state index contributed by atoms with van der Waals surface area (Å²) in [6.45, 7) is 4.52. The number of piperazine rings is 1. The minimum atomic E-state index is -6.04. The van der Waals surface area contributed by atoms with E-state index >= 15 is 0 Å². The number of sulfone groups is 1. The van der Waals surface area contributed by atoms with E-state index in [1.807, 2.05) is 29.2 Å². The number of sulfonamides is 1. The average molecular weight is 997 g/mol. The maximum Gasteiger partial charge on any atom is 0.501 e. The summed E-state index contributed by atoms with van der Waals surface area (Å²) >= 11 is 1.29. The van der Waals surface area contributed by atoms with Crippen LogP contribution >= 0.6 is 11.8 Å². The molecule has 1 saturated heterocycles. The third-order valence-corrected chi connectivity index (χ3v) is 15.8. The third-order valence-electron chi connectivity index (χ3n) is 11.7. The number of carboxylic acid groups (broad SMARTS) is 1. The van der Waals surface area contributed by atoms with Crippen molar-refractivity contribution in [2.45, 2.75) is 39.6 Å². The van der Waals surface area contributed by atoms with Crippen molar-refractivity contribution >= 4 is 60.3 Å². The number of anilines is 4. The predicted octanol–water partition coefficient (Wildman–Crippen LogP) is 9.59. The lowest BCUT2D eigenvalue weighted by Gasteiger charge is -2.37. The van der Waals surface area contributed by atoms with Crippen molar-refractivity contribution in [3.63, 3.8) is 0 Å². The highest BCUT2D eigenvalue weighted by Gasteiger charge is 2.48. The molecule has 0 spiro atoms. The summed E-state index contributed by atoms with van der Waals surface area (Å²) in [7, 11) is -5.26. The standard InChI is InChI=1S/C48H49F5N6O6S3/c1-31-44(47(60)61)45(46(57(31)4)32-8-10-34(49)11-9-32)33-6-5-7-39(28-33)59-26-24-58(25-27-59)38-16-14-36(15-17-38)55-68(64,65)41-20-21-42(43(29-41)67(62,63)48(51,52)53)54-37(22-23-56(2)3)30-66-40-18-12-35(50)13-19-40/h5-21,28-29,37,54-55H,22-27,30H2,1-4H3,(H,60,61)/t37-/m1/s1. The SMILES string of the molecule is Cc1c(C(=O)O)c(-c2cccc(N3CCN(c4ccc(NS(=O)(=O)c5ccc(N[C@H](CCN(C)C)CSc6ccc(F)cc6)c(S(=O)(=O)C(F)(F)F)c5)cc4)CC3)c2)c(-c2ccc(F)cc2)n1C. The van der Waals surface area contributed by atoms with Crippen LogP contribution in [0.2, 0.25) is 0 Å². The molecule has 0 aliphatic carbocycles. The first-order valence-corrected chi connectivity index (χ1v) is 25.2. The maximum atomic E-state index is 14.1. The molecule has 0 amide bonds. The van der Waals surface area contributed by atoms with Gasteiger partial charge in [0.25, 0.3) is 19.9 Å². The van der Waals surface area contributed by atoms with E-state index in [1.54, 1.807) is 69.0 Å². The normalized spacial score (nSPS) is 14.0. The van der Waals surface area contributed by atoms with Gasteiger partial charge in [0.1, 0.15) is 16.5 Å². The van der Waals surface area contributed by atoms with Crippen LogP contribution < -0.4 is 19.8 Å². The van der Waals surface area contributed by atoms with Crippen molar-refractivity contribution < 1.29 is 48.7 Å². The fourth-order valence-corrected chi connectivity index (χ4v) is 11.1. The highest BCUT2D eigenvalue weighted by molar-refractivity contribution is 7.99. The molecule has 1 aromatic heterocycles. The van der Waals surface area contributed by atoms with Crippen molar-refractivity contribution in [3.05, 3.63) is 138 Å². The van der Waals surface area contributed by atoms with Crippen molar-refractivity contribution in [2.24, 2.45) is 7.05 Å². The fraction of sp³-hybridized carbons (Fsp3) is 0.271. The molecular weight excluding hydrogens is 948 g/mol. The van der Waals surface area contributed by atoms with E-state index in [-0.39, 0.29) is 17.0 Å². The van der Waals surface area contributed by atoms with E-state index in [4.69, 9.17) is 0 Å². The summed E-state index contributed by atoms with van der Waals surface area (Å²) in [6.07, 6.45) is 0.376. The van der Waals surface area contributed by atoms with Gasteiger partial charge in [-0.2, -0.15) is 13.2 Å². The second kappa shape index (κ2) is 20.2. The van der Waals surface area contributed by atoms with Gasteiger partial charge >= 0.3 is 11.5 Å². The summed E-state index contributed by atoms with van der Waals surface area (Å²) < 4.78 is 127. The predicted molar refractivity (Wildman–Crippen MR) is 257 cm³/mol. The van der Waals surface area contributed by atoms with E-state index in [1.165, 1.54) is 48.2 Å². The van der Waals surface area contributed by atoms with Gasteiger partial charge in [0.05, 0.1) is 21.8 Å². The number of aromatic carboxylic acids is 1. The number of carboxylic acids is 1. The zero-order valence-electron chi connectivity index (χ0n) is 37.4. The average Bonchev–Trinajstić information content (AvgIpc) is 3.57. The quantitative estimate of drug-likeness (QED) is 0.0594. The lowest BCUT2D eigenvalue weighted by atomic mass is 9.96. The summed E-state index contributed by atoms with van der Waals surface area (Å²) in [6, 6.07) is 27.5. The Morgan fingerprint density at radius 1 is 0.794 bits per heavy atom. The first-order valence-electron chi connectivity index (χ1n) is 21.3. The van der Waals surface area contributed by atoms with Crippen LogP contribution in [0.15, 0.2) is 130 Å². The lowest BCUT2D eigenvalue weighted by Crippen LogP contribution is -2.46. The molecule has 0 unspecified atom stereocenters. The largest absolute Gasteiger partial charge is 0.501 e. The summed E-state index contributed by atoms with van der Waals surface area (Å²) in [5.74, 6) is -1.66. The topological polar surface area (TPSA) is 144 Å². The minimum absolute atomic E-state index is 0.0880. The molecule has 5 aromatic carbocycles. The minimum Gasteiger partial charge on any atom is -0.478 e. The molecule has 3 N–H and O–H groups in total. The van der Waals surface area contributed by atoms with Crippen LogP contribution in [0, 0.1) is 18.6 Å². The molecule has 1 fully saturated rings. The second-order valence-electron chi connectivity index (χ2n) is 16.5. The number of nitrogens with zero attached hydrogens (tertiary/aromatic N) is 4. The van der Waals surface area contributed by atoms with Gasteiger partial charge in [-0.05, 0) is 148 Å². The summed E-state index contributed by atoms with van der Waals surface area (Å²) in [5.41, 5.74) is -1.20. The number of aromatic nitrogens is 1. The van der Waals surface area contributed by atoms with E-state index in [0.29, 0.717) is 78.2 Å². The van der Waals surface area contributed by atoms with Crippen LogP contribution in [-0.2, 0) is 26.9 Å². The molecule has 20 heteroatoms. The molecule has 68 heavy (non-hydrogen) atoms. The van der Waals surface area contributed by atoms with Gasteiger partial charge in [-0.1, -0.05) is 12.1 Å². The first kappa shape index (κ1) is 49.8. The Balaban J connectivity index is 1.05. The molecule has 12 nitrogen and oxygen atoms in total. The number of hydrogen-bond donors (Lipinski definition) is 3. The highest BCUT2D eigenvalue weighted by Crippen LogP contribution is 2.41. The Kier molecular flexibility index (Phi) is 14.8. The highest BCUT2D eigenvalue weighted by atomic mass is 32.2. The lowest BCUT2D eigenvalue weighted by molar-refractivity contribution is -0.0435. The monoisotopic (exact) mass is 996 g/mol. The Bertz CT molecular complexity index is 3000. The van der Waals surface area contributed by atoms with Gasteiger partial charge < -0.3 is 29.7 Å². The van der Waals surface area contributed by atoms with Crippen molar-refractivity contribution in [1.29, 1.82) is 0 Å². The zero-order valence-corrected chi connectivity index (χ0v) is 39.8. The van der Waals surface area contributed by atoms with Crippen LogP contribution in [0.4, 0.5) is 44.7 Å². The van der Waals surface area contributed by atoms with E-state index in [2.05, 4.69) is 19.8 Å². The van der Waals surface area contributed by atoms with E-state index in [9.17, 15) is 48.7 Å². The van der Waals surface area contributed by atoms with Gasteiger partial charge in [-0.3, -0.25) is 4.72 Å². The fourth-order valence-electron chi connectivity index (χ4n) is 8.02. The molecule has 1 atom stereocenters. The van der Waals surface area contributed by atoms with Crippen LogP contribution in [0.25, 0.3) is 22.4 Å². The summed E-state index contributed by atoms with van der Waals surface area (Å²) in [5, 5.41) is 13.2. The molecular formula is C48H49F5N6O6S3. The van der Waals surface area contributed by atoms with E-state index in [0.717, 1.165) is 23.5 Å². The molecule has 1 aliphatic heterocycles. The van der Waals surface area contributed by atoms with Gasteiger partial charge in [-0.15, -0.1) is 11.8 Å². The number of halogens is 5. The Morgan fingerprint density at radius 3 is 1.99 bits per heavy atom. The molecule has 2 heterocycles. The number of carbonyl (C=O) groups is 1. The van der Waals surface area contributed by atoms with Crippen LogP contribution in [-0.4, -0.2) is 102 Å². The number of nitrogens with one attached hydrogen (secondary N) is 2. The Morgan fingerprint density at radius 2 is 1.40 bits per heavy atom. The zero-order chi connectivity index (χ0) is 49.1. The first-order chi connectivity index (χ1) is 32.1. The molecule has 360 valence electrons. The smallest absolute Gasteiger partial charge is 0.478 e. The van der Waals surface area contributed by atoms with E-state index < -0.39 is 64.5 Å². The number of thioether (sulfide) groups is 1. The van der Waals surface area contributed by atoms with Crippen LogP contribution in [0.1, 0.15) is 22.5 Å². The van der Waals surface area contributed by atoms with Gasteiger partial charge in [-0.25, -0.2) is 30.4 Å². The number of benzene rings is 5. The molecule has 7 rings (SSSR count).